The summed E-state index contributed by atoms with van der Waals surface area (Å²) in [5.41, 5.74) is 3.40. The van der Waals surface area contributed by atoms with Crippen LogP contribution in [-0.4, -0.2) is 53.3 Å². The van der Waals surface area contributed by atoms with E-state index < -0.39 is 5.97 Å². The van der Waals surface area contributed by atoms with E-state index in [-0.39, 0.29) is 10.6 Å². The summed E-state index contributed by atoms with van der Waals surface area (Å²) in [7, 11) is 0. The number of carboxylic acid groups (broad SMARTS) is 1. The average Bonchev–Trinajstić information content (AvgIpc) is 3.38. The number of anilines is 3. The molecule has 0 amide bonds. The first-order valence-corrected chi connectivity index (χ1v) is 12.6. The number of halogens is 1. The lowest BCUT2D eigenvalue weighted by atomic mass is 10.1. The van der Waals surface area contributed by atoms with Gasteiger partial charge < -0.3 is 24.1 Å². The van der Waals surface area contributed by atoms with Gasteiger partial charge in [-0.2, -0.15) is 20.1 Å². The molecular formula is C25H27ClN7O3-. The third-order valence-corrected chi connectivity index (χ3v) is 6.67. The van der Waals surface area contributed by atoms with Crippen LogP contribution in [0, 0.1) is 0 Å². The number of benzene rings is 1. The van der Waals surface area contributed by atoms with Gasteiger partial charge in [0, 0.05) is 42.3 Å². The molecular weight excluding hydrogens is 482 g/mol. The molecule has 0 aliphatic carbocycles. The first-order valence-electron chi connectivity index (χ1n) is 12.2. The second kappa shape index (κ2) is 10.9. The van der Waals surface area contributed by atoms with E-state index in [0.29, 0.717) is 34.9 Å². The quantitative estimate of drug-likeness (QED) is 0.376. The van der Waals surface area contributed by atoms with E-state index in [1.807, 2.05) is 0 Å². The summed E-state index contributed by atoms with van der Waals surface area (Å²) in [5, 5.41) is 15.6. The van der Waals surface area contributed by atoms with E-state index in [2.05, 4.69) is 30.3 Å². The van der Waals surface area contributed by atoms with Gasteiger partial charge in [-0.1, -0.05) is 11.6 Å². The molecule has 2 saturated heterocycles. The number of carbonyl (C=O) groups is 1. The number of furan rings is 1. The highest BCUT2D eigenvalue weighted by Crippen LogP contribution is 2.27. The summed E-state index contributed by atoms with van der Waals surface area (Å²) in [6.45, 7) is 3.74. The van der Waals surface area contributed by atoms with E-state index >= 15 is 0 Å². The Bertz CT molecular complexity index is 1210. The zero-order valence-corrected chi connectivity index (χ0v) is 20.6. The first-order chi connectivity index (χ1) is 17.6. The van der Waals surface area contributed by atoms with Gasteiger partial charge in [-0.3, -0.25) is 0 Å². The third-order valence-electron chi connectivity index (χ3n) is 6.34. The highest BCUT2D eigenvalue weighted by atomic mass is 35.5. The highest BCUT2D eigenvalue weighted by Gasteiger charge is 2.20. The minimum Gasteiger partial charge on any atom is -0.545 e. The van der Waals surface area contributed by atoms with Crippen LogP contribution in [0.25, 0.3) is 11.3 Å². The number of carboxylic acids is 1. The number of piperidine rings is 2. The van der Waals surface area contributed by atoms with Crippen molar-refractivity contribution < 1.29 is 14.3 Å². The second-order valence-electron chi connectivity index (χ2n) is 8.91. The molecule has 2 fully saturated rings. The van der Waals surface area contributed by atoms with Gasteiger partial charge in [0.25, 0.3) is 0 Å². The molecule has 1 aromatic carbocycles. The fourth-order valence-corrected chi connectivity index (χ4v) is 4.64. The molecule has 0 saturated carbocycles. The van der Waals surface area contributed by atoms with Gasteiger partial charge in [-0.05, 0) is 68.9 Å². The Morgan fingerprint density at radius 2 is 1.58 bits per heavy atom. The molecule has 36 heavy (non-hydrogen) atoms. The summed E-state index contributed by atoms with van der Waals surface area (Å²) in [5.74, 6) is 1.35. The van der Waals surface area contributed by atoms with E-state index in [0.717, 1.165) is 51.9 Å². The molecule has 2 aromatic heterocycles. The number of nitrogens with one attached hydrogen (secondary N) is 1. The third kappa shape index (κ3) is 5.59. The van der Waals surface area contributed by atoms with Crippen molar-refractivity contribution >= 4 is 41.6 Å². The number of aromatic nitrogens is 3. The van der Waals surface area contributed by atoms with Gasteiger partial charge in [0.2, 0.25) is 17.8 Å². The Morgan fingerprint density at radius 1 is 0.944 bits per heavy atom. The molecule has 0 atom stereocenters. The van der Waals surface area contributed by atoms with E-state index in [1.165, 1.54) is 31.2 Å². The predicted octanol–water partition coefficient (Wildman–Crippen LogP) is 3.58. The number of rotatable bonds is 7. The van der Waals surface area contributed by atoms with E-state index in [4.69, 9.17) is 21.0 Å². The summed E-state index contributed by atoms with van der Waals surface area (Å²) in [4.78, 5) is 29.7. The molecule has 3 aromatic rings. The molecule has 0 bridgehead atoms. The Morgan fingerprint density at radius 3 is 2.19 bits per heavy atom. The maximum absolute atomic E-state index is 11.3. The Kier molecular flexibility index (Phi) is 7.31. The van der Waals surface area contributed by atoms with Crippen LogP contribution in [0.15, 0.2) is 39.9 Å². The van der Waals surface area contributed by atoms with Crippen molar-refractivity contribution in [2.75, 3.05) is 41.4 Å². The molecule has 10 nitrogen and oxygen atoms in total. The smallest absolute Gasteiger partial charge is 0.250 e. The van der Waals surface area contributed by atoms with Crippen LogP contribution >= 0.6 is 11.6 Å². The van der Waals surface area contributed by atoms with E-state index in [9.17, 15) is 9.90 Å². The lowest BCUT2D eigenvalue weighted by Gasteiger charge is -2.30. The summed E-state index contributed by atoms with van der Waals surface area (Å²) in [6, 6.07) is 8.07. The molecule has 0 spiro atoms. The topological polar surface area (TPSA) is 123 Å². The zero-order valence-electron chi connectivity index (χ0n) is 19.8. The fraction of sp³-hybridized carbons (Fsp3) is 0.400. The van der Waals surface area contributed by atoms with Gasteiger partial charge in [-0.15, -0.1) is 0 Å². The average molecular weight is 509 g/mol. The van der Waals surface area contributed by atoms with E-state index in [1.54, 1.807) is 18.2 Å². The van der Waals surface area contributed by atoms with Crippen molar-refractivity contribution in [2.24, 2.45) is 5.10 Å². The van der Waals surface area contributed by atoms with Crippen LogP contribution in [0.5, 0.6) is 0 Å². The summed E-state index contributed by atoms with van der Waals surface area (Å²) < 4.78 is 5.80. The highest BCUT2D eigenvalue weighted by molar-refractivity contribution is 6.33. The minimum absolute atomic E-state index is 0.0914. The largest absolute Gasteiger partial charge is 0.545 e. The molecule has 2 aliphatic heterocycles. The van der Waals surface area contributed by atoms with Crippen LogP contribution in [-0.2, 0) is 0 Å². The molecule has 5 rings (SSSR count). The molecule has 188 valence electrons. The predicted molar refractivity (Wildman–Crippen MR) is 137 cm³/mol. The number of aromatic carboxylic acids is 1. The van der Waals surface area contributed by atoms with Gasteiger partial charge in [0.05, 0.1) is 12.2 Å². The standard InChI is InChI=1S/C25H28ClN7O3/c26-20-9-7-17(15-19(20)22(34)35)21-10-8-18(36-21)16-27-31-23-28-24(32-11-3-1-4-12-32)30-25(29-23)33-13-5-2-6-14-33/h7-10,15-16H,1-6,11-14H2,(H,34,35)(H,28,29,30,31)/p-1/b27-16-. The fourth-order valence-electron chi connectivity index (χ4n) is 4.44. The van der Waals surface area contributed by atoms with Crippen LogP contribution < -0.4 is 20.3 Å². The van der Waals surface area contributed by atoms with Crippen LogP contribution in [0.2, 0.25) is 5.02 Å². The Hall–Kier alpha value is -3.66. The van der Waals surface area contributed by atoms with Crippen molar-refractivity contribution in [2.45, 2.75) is 38.5 Å². The van der Waals surface area contributed by atoms with Crippen molar-refractivity contribution in [3.8, 4) is 11.3 Å². The van der Waals surface area contributed by atoms with Crippen LogP contribution in [0.3, 0.4) is 0 Å². The van der Waals surface area contributed by atoms with Crippen molar-refractivity contribution in [3.05, 3.63) is 46.7 Å². The second-order valence-corrected chi connectivity index (χ2v) is 9.32. The summed E-state index contributed by atoms with van der Waals surface area (Å²) >= 11 is 5.93. The number of nitrogens with zero attached hydrogens (tertiary/aromatic N) is 6. The normalized spacial score (nSPS) is 16.5. The monoisotopic (exact) mass is 508 g/mol. The van der Waals surface area contributed by atoms with Crippen LogP contribution in [0.4, 0.5) is 17.8 Å². The molecule has 0 unspecified atom stereocenters. The minimum atomic E-state index is -1.34. The van der Waals surface area contributed by atoms with Gasteiger partial charge >= 0.3 is 0 Å². The first kappa shape index (κ1) is 24.1. The number of carbonyl (C=O) groups excluding carboxylic acids is 1. The van der Waals surface area contributed by atoms with Gasteiger partial charge in [0.15, 0.2) is 0 Å². The Balaban J connectivity index is 1.33. The molecule has 0 radical (unpaired) electrons. The maximum atomic E-state index is 11.3. The SMILES string of the molecule is O=C([O-])c1cc(-c2ccc(/C=N\Nc3nc(N4CCCCC4)nc(N4CCCCC4)n3)o2)ccc1Cl. The van der Waals surface area contributed by atoms with Crippen molar-refractivity contribution in [1.29, 1.82) is 0 Å². The lowest BCUT2D eigenvalue weighted by Crippen LogP contribution is -2.34. The molecule has 11 heteroatoms. The Labute approximate surface area is 214 Å². The molecule has 1 N–H and O–H groups in total. The van der Waals surface area contributed by atoms with Crippen molar-refractivity contribution in [3.63, 3.8) is 0 Å². The van der Waals surface area contributed by atoms with Gasteiger partial charge in [-0.25, -0.2) is 5.43 Å². The number of hydrogen-bond donors (Lipinski definition) is 1. The summed E-state index contributed by atoms with van der Waals surface area (Å²) in [6.07, 6.45) is 8.49. The number of hydrogen-bond acceptors (Lipinski definition) is 10. The number of hydrazone groups is 1. The molecule has 2 aliphatic rings. The lowest BCUT2D eigenvalue weighted by molar-refractivity contribution is -0.255. The maximum Gasteiger partial charge on any atom is 0.250 e. The zero-order chi connectivity index (χ0) is 24.9. The van der Waals surface area contributed by atoms with Crippen LogP contribution in [0.1, 0.15) is 54.6 Å². The van der Waals surface area contributed by atoms with Gasteiger partial charge in [0.1, 0.15) is 11.5 Å². The molecule has 4 heterocycles. The van der Waals surface area contributed by atoms with Crippen molar-refractivity contribution in [1.82, 2.24) is 15.0 Å².